The molecule has 3 aromatic rings. The summed E-state index contributed by atoms with van der Waals surface area (Å²) in [5.74, 6) is 0.988. The zero-order valence-corrected chi connectivity index (χ0v) is 12.9. The molecule has 1 aromatic heterocycles. The zero-order valence-electron chi connectivity index (χ0n) is 12.9. The molecule has 0 saturated carbocycles. The molecule has 1 amide bonds. The van der Waals surface area contributed by atoms with E-state index in [2.05, 4.69) is 9.97 Å². The summed E-state index contributed by atoms with van der Waals surface area (Å²) in [6, 6.07) is 14.0. The summed E-state index contributed by atoms with van der Waals surface area (Å²) < 4.78 is 0. The molecule has 1 heterocycles. The van der Waals surface area contributed by atoms with Gasteiger partial charge in [0, 0.05) is 0 Å². The van der Waals surface area contributed by atoms with Crippen LogP contribution in [0, 0.1) is 6.92 Å². The van der Waals surface area contributed by atoms with Crippen molar-refractivity contribution in [1.82, 2.24) is 15.0 Å². The number of hydrogen-bond donors (Lipinski definition) is 2. The van der Waals surface area contributed by atoms with Crippen molar-refractivity contribution in [1.29, 1.82) is 0 Å². The van der Waals surface area contributed by atoms with Gasteiger partial charge in [-0.25, -0.2) is 9.78 Å². The second kappa shape index (κ2) is 6.00. The number of carboxylic acid groups (broad SMARTS) is 1. The quantitative estimate of drug-likeness (QED) is 0.716. The number of amides is 1. The molecule has 0 saturated heterocycles. The Bertz CT molecular complexity index is 829. The molecule has 0 aliphatic rings. The van der Waals surface area contributed by atoms with Crippen LogP contribution in [0.4, 0.5) is 4.79 Å². The van der Waals surface area contributed by atoms with E-state index < -0.39 is 12.1 Å². The zero-order chi connectivity index (χ0) is 16.4. The first kappa shape index (κ1) is 14.9. The second-order valence-electron chi connectivity index (χ2n) is 5.28. The van der Waals surface area contributed by atoms with Gasteiger partial charge in [-0.05, 0) is 37.6 Å². The van der Waals surface area contributed by atoms with E-state index in [1.165, 1.54) is 0 Å². The highest BCUT2D eigenvalue weighted by Crippen LogP contribution is 2.24. The molecule has 0 bridgehead atoms. The van der Waals surface area contributed by atoms with Crippen LogP contribution in [-0.2, 0) is 0 Å². The topological polar surface area (TPSA) is 78.5 Å². The number of nitrogens with zero attached hydrogens (tertiary/aromatic N) is 2. The lowest BCUT2D eigenvalue weighted by molar-refractivity contribution is -0.0670. The van der Waals surface area contributed by atoms with E-state index in [4.69, 9.17) is 4.84 Å². The van der Waals surface area contributed by atoms with Crippen LogP contribution in [0.25, 0.3) is 11.0 Å². The molecular weight excluding hydrogens is 294 g/mol. The number of aryl methyl sites for hydroxylation is 1. The fraction of sp³-hybridized carbons (Fsp3) is 0.176. The van der Waals surface area contributed by atoms with Crippen LogP contribution in [0.15, 0.2) is 48.5 Å². The molecule has 2 aromatic carbocycles. The maximum atomic E-state index is 11.6. The number of fused-ring (bicyclic) bond motifs is 1. The summed E-state index contributed by atoms with van der Waals surface area (Å²) in [6.45, 7) is 3.69. The summed E-state index contributed by atoms with van der Waals surface area (Å²) in [5.41, 5.74) is 2.74. The highest BCUT2D eigenvalue weighted by molar-refractivity contribution is 5.78. The van der Waals surface area contributed by atoms with Crippen molar-refractivity contribution in [2.24, 2.45) is 0 Å². The van der Waals surface area contributed by atoms with Gasteiger partial charge in [0.2, 0.25) is 0 Å². The van der Waals surface area contributed by atoms with Gasteiger partial charge in [-0.1, -0.05) is 30.3 Å². The van der Waals surface area contributed by atoms with Gasteiger partial charge in [0.1, 0.15) is 11.9 Å². The van der Waals surface area contributed by atoms with E-state index >= 15 is 0 Å². The monoisotopic (exact) mass is 311 g/mol. The minimum atomic E-state index is -1.18. The average molecular weight is 311 g/mol. The van der Waals surface area contributed by atoms with Gasteiger partial charge in [-0.2, -0.15) is 0 Å². The third-order valence-corrected chi connectivity index (χ3v) is 3.62. The maximum Gasteiger partial charge on any atom is 0.441 e. The molecule has 1 atom stereocenters. The van der Waals surface area contributed by atoms with Crippen molar-refractivity contribution in [2.45, 2.75) is 19.9 Å². The number of hydrogen-bond acceptors (Lipinski definition) is 3. The Morgan fingerprint density at radius 3 is 2.61 bits per heavy atom. The highest BCUT2D eigenvalue weighted by Gasteiger charge is 2.26. The van der Waals surface area contributed by atoms with Gasteiger partial charge in [-0.3, -0.25) is 0 Å². The van der Waals surface area contributed by atoms with Crippen LogP contribution in [0.3, 0.4) is 0 Å². The predicted octanol–water partition coefficient (Wildman–Crippen LogP) is 3.91. The van der Waals surface area contributed by atoms with Crippen LogP contribution in [0.1, 0.15) is 24.4 Å². The molecular formula is C17H17N3O3. The number of benzene rings is 2. The SMILES string of the molecule is Cc1cccc2[nH]c(C(C)N(Oc3ccccc3)C(=O)O)nc12. The van der Waals surface area contributed by atoms with Crippen LogP contribution < -0.4 is 4.84 Å². The Labute approximate surface area is 133 Å². The Hall–Kier alpha value is -3.02. The maximum absolute atomic E-state index is 11.6. The number of carbonyl (C=O) groups is 1. The van der Waals surface area contributed by atoms with Crippen LogP contribution in [0.2, 0.25) is 0 Å². The Morgan fingerprint density at radius 1 is 1.22 bits per heavy atom. The molecule has 0 radical (unpaired) electrons. The van der Waals surface area contributed by atoms with Crippen molar-refractivity contribution in [2.75, 3.05) is 0 Å². The molecule has 0 fully saturated rings. The normalized spacial score (nSPS) is 12.1. The third-order valence-electron chi connectivity index (χ3n) is 3.62. The Morgan fingerprint density at radius 2 is 1.96 bits per heavy atom. The van der Waals surface area contributed by atoms with E-state index in [1.807, 2.05) is 31.2 Å². The van der Waals surface area contributed by atoms with E-state index in [0.29, 0.717) is 11.6 Å². The molecule has 6 nitrogen and oxygen atoms in total. The van der Waals surface area contributed by atoms with Gasteiger partial charge < -0.3 is 14.9 Å². The standard InChI is InChI=1S/C17H17N3O3/c1-11-7-6-10-14-15(11)19-16(18-14)12(2)20(17(21)22)23-13-8-4-3-5-9-13/h3-10,12H,1-2H3,(H,18,19)(H,21,22). The molecule has 2 N–H and O–H groups in total. The largest absolute Gasteiger partial charge is 0.463 e. The fourth-order valence-electron chi connectivity index (χ4n) is 2.38. The summed E-state index contributed by atoms with van der Waals surface area (Å²) in [6.07, 6.45) is -1.18. The Balaban J connectivity index is 1.92. The fourth-order valence-corrected chi connectivity index (χ4v) is 2.38. The number of H-pyrrole nitrogens is 1. The smallest absolute Gasteiger partial charge is 0.441 e. The van der Waals surface area contributed by atoms with Crippen LogP contribution >= 0.6 is 0 Å². The minimum absolute atomic E-state index is 0.453. The van der Waals surface area contributed by atoms with Crippen LogP contribution in [-0.4, -0.2) is 26.2 Å². The first-order valence-corrected chi connectivity index (χ1v) is 7.26. The first-order chi connectivity index (χ1) is 11.1. The molecule has 23 heavy (non-hydrogen) atoms. The Kier molecular flexibility index (Phi) is 3.89. The molecule has 0 aliphatic heterocycles. The summed E-state index contributed by atoms with van der Waals surface area (Å²) in [7, 11) is 0. The average Bonchev–Trinajstić information content (AvgIpc) is 2.98. The van der Waals surface area contributed by atoms with Crippen molar-refractivity contribution in [3.63, 3.8) is 0 Å². The number of nitrogens with one attached hydrogen (secondary N) is 1. The van der Waals surface area contributed by atoms with Crippen LogP contribution in [0.5, 0.6) is 5.75 Å². The highest BCUT2D eigenvalue weighted by atomic mass is 16.7. The van der Waals surface area contributed by atoms with E-state index in [1.54, 1.807) is 31.2 Å². The molecule has 6 heteroatoms. The number of aromatic nitrogens is 2. The summed E-state index contributed by atoms with van der Waals surface area (Å²) in [4.78, 5) is 24.7. The van der Waals surface area contributed by atoms with Crippen molar-refractivity contribution >= 4 is 17.1 Å². The second-order valence-corrected chi connectivity index (χ2v) is 5.28. The molecule has 118 valence electrons. The number of imidazole rings is 1. The number of hydroxylamine groups is 2. The lowest BCUT2D eigenvalue weighted by atomic mass is 10.2. The third kappa shape index (κ3) is 2.96. The van der Waals surface area contributed by atoms with E-state index in [-0.39, 0.29) is 0 Å². The van der Waals surface area contributed by atoms with E-state index in [9.17, 15) is 9.90 Å². The number of aromatic amines is 1. The minimum Gasteiger partial charge on any atom is -0.463 e. The van der Waals surface area contributed by atoms with E-state index in [0.717, 1.165) is 21.7 Å². The van der Waals surface area contributed by atoms with Gasteiger partial charge in [0.25, 0.3) is 0 Å². The van der Waals surface area contributed by atoms with Gasteiger partial charge in [0.15, 0.2) is 5.75 Å². The molecule has 0 spiro atoms. The lowest BCUT2D eigenvalue weighted by Crippen LogP contribution is -2.35. The number of para-hydroxylation sites is 2. The predicted molar refractivity (Wildman–Crippen MR) is 86.2 cm³/mol. The first-order valence-electron chi connectivity index (χ1n) is 7.26. The number of rotatable bonds is 4. The molecule has 0 aliphatic carbocycles. The lowest BCUT2D eigenvalue weighted by Gasteiger charge is -2.24. The van der Waals surface area contributed by atoms with Gasteiger partial charge >= 0.3 is 6.09 Å². The van der Waals surface area contributed by atoms with Crippen molar-refractivity contribution in [3.8, 4) is 5.75 Å². The molecule has 3 rings (SSSR count). The summed E-state index contributed by atoms with van der Waals surface area (Å²) in [5, 5.41) is 10.3. The summed E-state index contributed by atoms with van der Waals surface area (Å²) >= 11 is 0. The molecule has 1 unspecified atom stereocenters. The van der Waals surface area contributed by atoms with Crippen molar-refractivity contribution in [3.05, 3.63) is 59.9 Å². The van der Waals surface area contributed by atoms with Crippen molar-refractivity contribution < 1.29 is 14.7 Å². The van der Waals surface area contributed by atoms with Gasteiger partial charge in [0.05, 0.1) is 11.0 Å². The van der Waals surface area contributed by atoms with Gasteiger partial charge in [-0.15, -0.1) is 5.06 Å².